The normalized spacial score (nSPS) is 19.6. The fourth-order valence-electron chi connectivity index (χ4n) is 5.01. The van der Waals surface area contributed by atoms with Gasteiger partial charge in [-0.2, -0.15) is 0 Å². The monoisotopic (exact) mass is 379 g/mol. The number of fused-ring (bicyclic) bond motifs is 3. The SMILES string of the molecule is CC(C)n1c2c(c3ccccc31)C(C)(C)CN(C(=O)N1CCCCCC1)C=C2. The summed E-state index contributed by atoms with van der Waals surface area (Å²) in [6, 6.07) is 9.21. The van der Waals surface area contributed by atoms with Crippen molar-refractivity contribution in [3.05, 3.63) is 41.7 Å². The summed E-state index contributed by atoms with van der Waals surface area (Å²) in [5.74, 6) is 0. The number of benzene rings is 1. The molecule has 4 heteroatoms. The van der Waals surface area contributed by atoms with Crippen LogP contribution in [0.5, 0.6) is 0 Å². The Morgan fingerprint density at radius 2 is 1.71 bits per heavy atom. The van der Waals surface area contributed by atoms with Crippen molar-refractivity contribution in [1.29, 1.82) is 0 Å². The summed E-state index contributed by atoms with van der Waals surface area (Å²) in [6.07, 6.45) is 8.91. The van der Waals surface area contributed by atoms with Crippen LogP contribution in [0.4, 0.5) is 4.79 Å². The van der Waals surface area contributed by atoms with Gasteiger partial charge in [-0.1, -0.05) is 44.9 Å². The van der Waals surface area contributed by atoms with Gasteiger partial charge in [0.25, 0.3) is 0 Å². The first-order valence-corrected chi connectivity index (χ1v) is 10.8. The molecule has 0 saturated carbocycles. The van der Waals surface area contributed by atoms with Crippen LogP contribution >= 0.6 is 0 Å². The summed E-state index contributed by atoms with van der Waals surface area (Å²) in [6.45, 7) is 11.5. The highest BCUT2D eigenvalue weighted by Crippen LogP contribution is 2.40. The topological polar surface area (TPSA) is 28.5 Å². The van der Waals surface area contributed by atoms with Crippen LogP contribution in [0.2, 0.25) is 0 Å². The highest BCUT2D eigenvalue weighted by Gasteiger charge is 2.35. The molecule has 0 spiro atoms. The molecule has 0 atom stereocenters. The number of amides is 2. The minimum Gasteiger partial charge on any atom is -0.338 e. The van der Waals surface area contributed by atoms with Crippen molar-refractivity contribution in [2.75, 3.05) is 19.6 Å². The molecule has 0 bridgehead atoms. The molecule has 150 valence electrons. The Balaban J connectivity index is 1.77. The number of hydrogen-bond donors (Lipinski definition) is 0. The number of likely N-dealkylation sites (tertiary alicyclic amines) is 1. The lowest BCUT2D eigenvalue weighted by Gasteiger charge is -2.33. The second-order valence-corrected chi connectivity index (χ2v) is 9.25. The molecule has 2 aliphatic rings. The molecule has 2 aliphatic heterocycles. The quantitative estimate of drug-likeness (QED) is 0.617. The van der Waals surface area contributed by atoms with E-state index in [1.54, 1.807) is 0 Å². The Labute approximate surface area is 168 Å². The number of nitrogens with zero attached hydrogens (tertiary/aromatic N) is 3. The van der Waals surface area contributed by atoms with Crippen LogP contribution in [0.15, 0.2) is 30.5 Å². The van der Waals surface area contributed by atoms with Crippen molar-refractivity contribution in [1.82, 2.24) is 14.4 Å². The van der Waals surface area contributed by atoms with Gasteiger partial charge in [-0.05, 0) is 44.4 Å². The second-order valence-electron chi connectivity index (χ2n) is 9.25. The van der Waals surface area contributed by atoms with E-state index in [4.69, 9.17) is 0 Å². The van der Waals surface area contributed by atoms with Gasteiger partial charge in [-0.15, -0.1) is 0 Å². The lowest BCUT2D eigenvalue weighted by atomic mass is 9.82. The molecule has 1 fully saturated rings. The Bertz CT molecular complexity index is 898. The summed E-state index contributed by atoms with van der Waals surface area (Å²) in [4.78, 5) is 17.3. The van der Waals surface area contributed by atoms with E-state index in [1.165, 1.54) is 35.0 Å². The van der Waals surface area contributed by atoms with Crippen molar-refractivity contribution >= 4 is 23.0 Å². The molecule has 0 unspecified atom stereocenters. The molecule has 2 amide bonds. The summed E-state index contributed by atoms with van der Waals surface area (Å²) >= 11 is 0. The number of carbonyl (C=O) groups excluding carboxylic acids is 1. The van der Waals surface area contributed by atoms with Gasteiger partial charge in [-0.3, -0.25) is 0 Å². The molecule has 0 radical (unpaired) electrons. The molecular weight excluding hydrogens is 346 g/mol. The van der Waals surface area contributed by atoms with Gasteiger partial charge in [0, 0.05) is 53.9 Å². The van der Waals surface area contributed by atoms with Gasteiger partial charge in [0.15, 0.2) is 0 Å². The number of para-hydroxylation sites is 1. The molecule has 1 aromatic heterocycles. The van der Waals surface area contributed by atoms with E-state index < -0.39 is 0 Å². The molecule has 1 aromatic carbocycles. The van der Waals surface area contributed by atoms with Crippen LogP contribution in [0.3, 0.4) is 0 Å². The Morgan fingerprint density at radius 1 is 1.04 bits per heavy atom. The Morgan fingerprint density at radius 3 is 2.39 bits per heavy atom. The van der Waals surface area contributed by atoms with Crippen LogP contribution in [0, 0.1) is 0 Å². The van der Waals surface area contributed by atoms with E-state index in [0.29, 0.717) is 12.6 Å². The molecular formula is C24H33N3O. The third-order valence-electron chi connectivity index (χ3n) is 6.24. The van der Waals surface area contributed by atoms with Gasteiger partial charge in [0.2, 0.25) is 0 Å². The van der Waals surface area contributed by atoms with Crippen LogP contribution in [-0.2, 0) is 5.41 Å². The fraction of sp³-hybridized carbons (Fsp3) is 0.542. The molecule has 28 heavy (non-hydrogen) atoms. The summed E-state index contributed by atoms with van der Waals surface area (Å²) in [5.41, 5.74) is 3.76. The molecule has 4 nitrogen and oxygen atoms in total. The predicted octanol–water partition coefficient (Wildman–Crippen LogP) is 5.78. The minimum atomic E-state index is -0.125. The van der Waals surface area contributed by atoms with Gasteiger partial charge < -0.3 is 14.4 Å². The first-order valence-electron chi connectivity index (χ1n) is 10.8. The van der Waals surface area contributed by atoms with Crippen LogP contribution < -0.4 is 0 Å². The third-order valence-corrected chi connectivity index (χ3v) is 6.24. The van der Waals surface area contributed by atoms with Gasteiger partial charge in [0.1, 0.15) is 0 Å². The average Bonchev–Trinajstić information content (AvgIpc) is 2.78. The lowest BCUT2D eigenvalue weighted by molar-refractivity contribution is 0.164. The first-order chi connectivity index (χ1) is 13.4. The van der Waals surface area contributed by atoms with Gasteiger partial charge >= 0.3 is 6.03 Å². The van der Waals surface area contributed by atoms with E-state index in [0.717, 1.165) is 25.9 Å². The van der Waals surface area contributed by atoms with Crippen molar-refractivity contribution in [2.24, 2.45) is 0 Å². The van der Waals surface area contributed by atoms with Gasteiger partial charge in [-0.25, -0.2) is 4.79 Å². The number of rotatable bonds is 1. The highest BCUT2D eigenvalue weighted by atomic mass is 16.2. The van der Waals surface area contributed by atoms with Crippen molar-refractivity contribution in [3.63, 3.8) is 0 Å². The van der Waals surface area contributed by atoms with E-state index in [2.05, 4.69) is 67.5 Å². The van der Waals surface area contributed by atoms with Crippen LogP contribution in [0.1, 0.15) is 70.7 Å². The molecule has 2 aromatic rings. The maximum absolute atomic E-state index is 13.3. The smallest absolute Gasteiger partial charge is 0.324 e. The molecule has 0 N–H and O–H groups in total. The van der Waals surface area contributed by atoms with E-state index in [1.807, 2.05) is 11.1 Å². The lowest BCUT2D eigenvalue weighted by Crippen LogP contribution is -2.45. The molecule has 1 saturated heterocycles. The maximum Gasteiger partial charge on any atom is 0.324 e. The van der Waals surface area contributed by atoms with Gasteiger partial charge in [0.05, 0.1) is 0 Å². The fourth-order valence-corrected chi connectivity index (χ4v) is 5.01. The van der Waals surface area contributed by atoms with Crippen LogP contribution in [-0.4, -0.2) is 40.0 Å². The summed E-state index contributed by atoms with van der Waals surface area (Å²) in [7, 11) is 0. The summed E-state index contributed by atoms with van der Waals surface area (Å²) in [5, 5.41) is 1.31. The predicted molar refractivity (Wildman–Crippen MR) is 117 cm³/mol. The third kappa shape index (κ3) is 3.23. The zero-order valence-corrected chi connectivity index (χ0v) is 17.7. The average molecular weight is 380 g/mol. The van der Waals surface area contributed by atoms with E-state index >= 15 is 0 Å². The van der Waals surface area contributed by atoms with Crippen LogP contribution in [0.25, 0.3) is 17.0 Å². The molecule has 4 rings (SSSR count). The molecule has 0 aliphatic carbocycles. The standard InChI is InChI=1S/C24H33N3O/c1-18(2)27-20-12-8-7-11-19(20)22-21(27)13-16-26(17-24(22,3)4)23(28)25-14-9-5-6-10-15-25/h7-8,11-13,16,18H,5-6,9-10,14-15,17H2,1-4H3. The number of carbonyl (C=O) groups is 1. The van der Waals surface area contributed by atoms with E-state index in [9.17, 15) is 4.79 Å². The van der Waals surface area contributed by atoms with Crippen molar-refractivity contribution < 1.29 is 4.79 Å². The summed E-state index contributed by atoms with van der Waals surface area (Å²) < 4.78 is 2.42. The largest absolute Gasteiger partial charge is 0.338 e. The second kappa shape index (κ2) is 7.31. The Hall–Kier alpha value is -2.23. The Kier molecular flexibility index (Phi) is 4.98. The maximum atomic E-state index is 13.3. The number of hydrogen-bond acceptors (Lipinski definition) is 1. The zero-order valence-electron chi connectivity index (χ0n) is 17.7. The highest BCUT2D eigenvalue weighted by molar-refractivity contribution is 5.90. The first kappa shape index (κ1) is 19.1. The van der Waals surface area contributed by atoms with E-state index in [-0.39, 0.29) is 11.4 Å². The number of aromatic nitrogens is 1. The minimum absolute atomic E-state index is 0.125. The van der Waals surface area contributed by atoms with Crippen molar-refractivity contribution in [2.45, 2.75) is 64.8 Å². The molecule has 3 heterocycles. The zero-order chi connectivity index (χ0) is 19.9. The van der Waals surface area contributed by atoms with Crippen molar-refractivity contribution in [3.8, 4) is 0 Å². The number of urea groups is 1.